The lowest BCUT2D eigenvalue weighted by atomic mass is 10.0. The van der Waals surface area contributed by atoms with Crippen molar-refractivity contribution in [3.05, 3.63) is 35.4 Å². The van der Waals surface area contributed by atoms with Gasteiger partial charge < -0.3 is 5.32 Å². The highest BCUT2D eigenvalue weighted by Gasteiger charge is 2.09. The molecule has 1 atom stereocenters. The minimum Gasteiger partial charge on any atom is -0.311 e. The highest BCUT2D eigenvalue weighted by molar-refractivity contribution is 5.28. The van der Waals surface area contributed by atoms with Gasteiger partial charge in [-0.3, -0.25) is 0 Å². The van der Waals surface area contributed by atoms with E-state index >= 15 is 0 Å². The van der Waals surface area contributed by atoms with E-state index in [9.17, 15) is 4.39 Å². The lowest BCUT2D eigenvalue weighted by molar-refractivity contribution is 0.399. The molecule has 66 valence electrons. The van der Waals surface area contributed by atoms with Crippen LogP contribution in [-0.4, -0.2) is 13.7 Å². The van der Waals surface area contributed by atoms with Crippen molar-refractivity contribution in [3.63, 3.8) is 0 Å². The zero-order chi connectivity index (χ0) is 8.97. The highest BCUT2D eigenvalue weighted by atomic mass is 19.1. The van der Waals surface area contributed by atoms with Gasteiger partial charge in [-0.1, -0.05) is 24.3 Å². The van der Waals surface area contributed by atoms with Crippen molar-refractivity contribution in [2.45, 2.75) is 13.0 Å². The molecule has 1 rings (SSSR count). The molecular formula is C10H14FN. The molecule has 1 N–H and O–H groups in total. The molecule has 0 radical (unpaired) electrons. The summed E-state index contributed by atoms with van der Waals surface area (Å²) in [7, 11) is 1.77. The van der Waals surface area contributed by atoms with E-state index in [0.717, 1.165) is 11.1 Å². The van der Waals surface area contributed by atoms with Crippen molar-refractivity contribution in [3.8, 4) is 0 Å². The zero-order valence-electron chi connectivity index (χ0n) is 7.47. The average molecular weight is 167 g/mol. The molecule has 1 aromatic rings. The SMILES string of the molecule is CNC(CF)c1ccccc1C. The van der Waals surface area contributed by atoms with Crippen LogP contribution < -0.4 is 5.32 Å². The van der Waals surface area contributed by atoms with Crippen LogP contribution in [0.4, 0.5) is 4.39 Å². The number of alkyl halides is 1. The van der Waals surface area contributed by atoms with Crippen molar-refractivity contribution >= 4 is 0 Å². The molecule has 0 aromatic heterocycles. The molecule has 0 fully saturated rings. The van der Waals surface area contributed by atoms with Crippen LogP contribution in [0, 0.1) is 6.92 Å². The fraction of sp³-hybridized carbons (Fsp3) is 0.400. The van der Waals surface area contributed by atoms with Gasteiger partial charge in [0, 0.05) is 0 Å². The van der Waals surface area contributed by atoms with Gasteiger partial charge >= 0.3 is 0 Å². The van der Waals surface area contributed by atoms with Gasteiger partial charge in [-0.15, -0.1) is 0 Å². The Morgan fingerprint density at radius 1 is 1.42 bits per heavy atom. The maximum Gasteiger partial charge on any atom is 0.109 e. The Balaban J connectivity index is 2.92. The number of halogens is 1. The van der Waals surface area contributed by atoms with Gasteiger partial charge in [0.1, 0.15) is 6.67 Å². The molecule has 0 heterocycles. The van der Waals surface area contributed by atoms with E-state index in [1.165, 1.54) is 0 Å². The van der Waals surface area contributed by atoms with Gasteiger partial charge in [0.2, 0.25) is 0 Å². The van der Waals surface area contributed by atoms with E-state index in [2.05, 4.69) is 5.32 Å². The summed E-state index contributed by atoms with van der Waals surface area (Å²) < 4.78 is 12.5. The summed E-state index contributed by atoms with van der Waals surface area (Å²) in [5.74, 6) is 0. The predicted molar refractivity (Wildman–Crippen MR) is 49.0 cm³/mol. The Hall–Kier alpha value is -0.890. The van der Waals surface area contributed by atoms with Crippen molar-refractivity contribution in [2.24, 2.45) is 0 Å². The summed E-state index contributed by atoms with van der Waals surface area (Å²) >= 11 is 0. The third-order valence-electron chi connectivity index (χ3n) is 2.07. The quantitative estimate of drug-likeness (QED) is 0.728. The lowest BCUT2D eigenvalue weighted by Crippen LogP contribution is -2.18. The topological polar surface area (TPSA) is 12.0 Å². The van der Waals surface area contributed by atoms with Crippen LogP contribution in [0.3, 0.4) is 0 Å². The Morgan fingerprint density at radius 3 is 2.58 bits per heavy atom. The maximum absolute atomic E-state index is 12.5. The molecule has 0 aliphatic heterocycles. The number of aryl methyl sites for hydroxylation is 1. The molecule has 0 saturated heterocycles. The first-order valence-corrected chi connectivity index (χ1v) is 4.08. The monoisotopic (exact) mass is 167 g/mol. The van der Waals surface area contributed by atoms with Crippen LogP contribution in [0.15, 0.2) is 24.3 Å². The normalized spacial score (nSPS) is 12.9. The fourth-order valence-corrected chi connectivity index (χ4v) is 1.29. The van der Waals surface area contributed by atoms with Crippen molar-refractivity contribution in [2.75, 3.05) is 13.7 Å². The molecule has 0 bridgehead atoms. The molecule has 12 heavy (non-hydrogen) atoms. The second-order valence-electron chi connectivity index (χ2n) is 2.85. The Labute approximate surface area is 72.6 Å². The first kappa shape index (κ1) is 9.20. The molecule has 2 heteroatoms. The lowest BCUT2D eigenvalue weighted by Gasteiger charge is -2.14. The van der Waals surface area contributed by atoms with Gasteiger partial charge in [-0.05, 0) is 25.1 Å². The van der Waals surface area contributed by atoms with Crippen LogP contribution in [0.1, 0.15) is 17.2 Å². The highest BCUT2D eigenvalue weighted by Crippen LogP contribution is 2.16. The molecule has 0 amide bonds. The third kappa shape index (κ3) is 1.83. The summed E-state index contributed by atoms with van der Waals surface area (Å²) in [6.45, 7) is 1.64. The summed E-state index contributed by atoms with van der Waals surface area (Å²) in [6.07, 6.45) is 0. The smallest absolute Gasteiger partial charge is 0.109 e. The summed E-state index contributed by atoms with van der Waals surface area (Å²) in [5.41, 5.74) is 2.18. The Bertz CT molecular complexity index is 243. The van der Waals surface area contributed by atoms with Crippen molar-refractivity contribution < 1.29 is 4.39 Å². The molecule has 0 aliphatic carbocycles. The van der Waals surface area contributed by atoms with E-state index in [0.29, 0.717) is 0 Å². The van der Waals surface area contributed by atoms with Gasteiger partial charge in [-0.2, -0.15) is 0 Å². The van der Waals surface area contributed by atoms with Crippen LogP contribution in [0.5, 0.6) is 0 Å². The second-order valence-corrected chi connectivity index (χ2v) is 2.85. The molecule has 1 nitrogen and oxygen atoms in total. The van der Waals surface area contributed by atoms with E-state index in [-0.39, 0.29) is 12.7 Å². The molecule has 1 unspecified atom stereocenters. The number of hydrogen-bond acceptors (Lipinski definition) is 1. The first-order chi connectivity index (χ1) is 5.79. The molecular weight excluding hydrogens is 153 g/mol. The van der Waals surface area contributed by atoms with E-state index in [1.807, 2.05) is 31.2 Å². The van der Waals surface area contributed by atoms with E-state index < -0.39 is 0 Å². The van der Waals surface area contributed by atoms with Crippen LogP contribution in [0.25, 0.3) is 0 Å². The number of nitrogens with one attached hydrogen (secondary N) is 1. The number of hydrogen-bond donors (Lipinski definition) is 1. The van der Waals surface area contributed by atoms with Crippen LogP contribution in [-0.2, 0) is 0 Å². The first-order valence-electron chi connectivity index (χ1n) is 4.08. The van der Waals surface area contributed by atoms with Crippen LogP contribution in [0.2, 0.25) is 0 Å². The predicted octanol–water partition coefficient (Wildman–Crippen LogP) is 2.23. The molecule has 0 aliphatic rings. The van der Waals surface area contributed by atoms with Crippen molar-refractivity contribution in [1.29, 1.82) is 0 Å². The summed E-state index contributed by atoms with van der Waals surface area (Å²) in [6, 6.07) is 7.68. The fourth-order valence-electron chi connectivity index (χ4n) is 1.29. The largest absolute Gasteiger partial charge is 0.311 e. The standard InChI is InChI=1S/C10H14FN/c1-8-5-3-4-6-9(8)10(7-11)12-2/h3-6,10,12H,7H2,1-2H3. The number of rotatable bonds is 3. The van der Waals surface area contributed by atoms with Gasteiger partial charge in [0.05, 0.1) is 6.04 Å². The molecule has 0 spiro atoms. The Morgan fingerprint density at radius 2 is 2.08 bits per heavy atom. The second kappa shape index (κ2) is 4.21. The molecule has 0 saturated carbocycles. The minimum absolute atomic E-state index is 0.161. The summed E-state index contributed by atoms with van der Waals surface area (Å²) in [4.78, 5) is 0. The third-order valence-corrected chi connectivity index (χ3v) is 2.07. The van der Waals surface area contributed by atoms with Gasteiger partial charge in [-0.25, -0.2) is 4.39 Å². The summed E-state index contributed by atoms with van der Waals surface area (Å²) in [5, 5.41) is 2.93. The van der Waals surface area contributed by atoms with E-state index in [1.54, 1.807) is 7.05 Å². The zero-order valence-corrected chi connectivity index (χ0v) is 7.47. The van der Waals surface area contributed by atoms with E-state index in [4.69, 9.17) is 0 Å². The maximum atomic E-state index is 12.5. The molecule has 1 aromatic carbocycles. The Kier molecular flexibility index (Phi) is 3.23. The average Bonchev–Trinajstić information content (AvgIpc) is 2.10. The van der Waals surface area contributed by atoms with Gasteiger partial charge in [0.25, 0.3) is 0 Å². The minimum atomic E-state index is -0.360. The van der Waals surface area contributed by atoms with Gasteiger partial charge in [0.15, 0.2) is 0 Å². The number of benzene rings is 1. The van der Waals surface area contributed by atoms with Crippen LogP contribution >= 0.6 is 0 Å². The van der Waals surface area contributed by atoms with Crippen molar-refractivity contribution in [1.82, 2.24) is 5.32 Å².